The number of rotatable bonds is 2. The van der Waals surface area contributed by atoms with Gasteiger partial charge in [0.1, 0.15) is 0 Å². The minimum atomic E-state index is -0.227. The largest absolute Gasteiger partial charge is 0.397 e. The summed E-state index contributed by atoms with van der Waals surface area (Å²) in [6.07, 6.45) is 0. The van der Waals surface area contributed by atoms with Crippen LogP contribution >= 0.6 is 23.2 Å². The average molecular weight is 219 g/mol. The Bertz CT molecular complexity index is 329. The van der Waals surface area contributed by atoms with E-state index in [1.807, 2.05) is 0 Å². The van der Waals surface area contributed by atoms with Crippen molar-refractivity contribution in [1.29, 1.82) is 0 Å². The van der Waals surface area contributed by atoms with Crippen molar-refractivity contribution in [2.75, 3.05) is 17.3 Å². The maximum Gasteiger partial charge on any atom is 0.177 e. The van der Waals surface area contributed by atoms with Crippen LogP contribution in [-0.2, 0) is 0 Å². The van der Waals surface area contributed by atoms with Crippen LogP contribution in [0, 0.1) is 0 Å². The van der Waals surface area contributed by atoms with Gasteiger partial charge in [-0.1, -0.05) is 11.6 Å². The smallest absolute Gasteiger partial charge is 0.177 e. The molecule has 1 aromatic rings. The number of Topliss-reactive ketones (excluding diaryl/α,β-unsaturated/α-hetero) is 1. The van der Waals surface area contributed by atoms with Crippen LogP contribution in [0.1, 0.15) is 10.4 Å². The number of halogens is 2. The van der Waals surface area contributed by atoms with E-state index in [1.165, 1.54) is 12.1 Å². The summed E-state index contributed by atoms with van der Waals surface area (Å²) in [6, 6.07) is 2.92. The summed E-state index contributed by atoms with van der Waals surface area (Å²) in [5.41, 5.74) is 12.0. The Hall–Kier alpha value is -0.930. The molecule has 70 valence electrons. The minimum Gasteiger partial charge on any atom is -0.397 e. The average Bonchev–Trinajstić information content (AvgIpc) is 2.12. The predicted octanol–water partition coefficient (Wildman–Crippen LogP) is 1.93. The Balaban J connectivity index is 3.20. The van der Waals surface area contributed by atoms with Gasteiger partial charge in [-0.25, -0.2) is 0 Å². The first kappa shape index (κ1) is 10.2. The molecule has 4 N–H and O–H groups in total. The molecular weight excluding hydrogens is 211 g/mol. The molecule has 0 atom stereocenters. The van der Waals surface area contributed by atoms with Gasteiger partial charge in [0.25, 0.3) is 0 Å². The van der Waals surface area contributed by atoms with Crippen LogP contribution in [0.15, 0.2) is 12.1 Å². The topological polar surface area (TPSA) is 69.1 Å². The van der Waals surface area contributed by atoms with Gasteiger partial charge in [-0.3, -0.25) is 4.79 Å². The Kier molecular flexibility index (Phi) is 3.01. The van der Waals surface area contributed by atoms with Crippen molar-refractivity contribution < 1.29 is 4.79 Å². The van der Waals surface area contributed by atoms with Gasteiger partial charge in [-0.15, -0.1) is 11.6 Å². The molecule has 0 bridgehead atoms. The molecule has 0 aliphatic heterocycles. The molecule has 0 fully saturated rings. The van der Waals surface area contributed by atoms with Crippen LogP contribution in [0.25, 0.3) is 0 Å². The first-order valence-electron chi connectivity index (χ1n) is 3.50. The highest BCUT2D eigenvalue weighted by Gasteiger charge is 2.09. The molecular formula is C8H8Cl2N2O. The number of hydrogen-bond donors (Lipinski definition) is 2. The van der Waals surface area contributed by atoms with Crippen LogP contribution in [0.2, 0.25) is 5.02 Å². The third kappa shape index (κ3) is 2.05. The second-order valence-electron chi connectivity index (χ2n) is 2.52. The zero-order valence-corrected chi connectivity index (χ0v) is 8.19. The standard InChI is InChI=1S/C8H8Cl2N2O/c9-3-7(13)4-1-5(10)8(12)6(11)2-4/h1-2H,3,11-12H2. The van der Waals surface area contributed by atoms with Crippen molar-refractivity contribution in [2.45, 2.75) is 0 Å². The predicted molar refractivity (Wildman–Crippen MR) is 55.3 cm³/mol. The number of carbonyl (C=O) groups excluding carboxylic acids is 1. The number of alkyl halides is 1. The fourth-order valence-corrected chi connectivity index (χ4v) is 1.26. The molecule has 0 amide bonds. The lowest BCUT2D eigenvalue weighted by Gasteiger charge is -2.04. The van der Waals surface area contributed by atoms with Gasteiger partial charge >= 0.3 is 0 Å². The lowest BCUT2D eigenvalue weighted by atomic mass is 10.1. The van der Waals surface area contributed by atoms with Gasteiger partial charge in [-0.2, -0.15) is 0 Å². The number of anilines is 2. The Morgan fingerprint density at radius 2 is 2.00 bits per heavy atom. The molecule has 5 heteroatoms. The fourth-order valence-electron chi connectivity index (χ4n) is 0.877. The van der Waals surface area contributed by atoms with Crippen LogP contribution in [0.3, 0.4) is 0 Å². The van der Waals surface area contributed by atoms with Crippen molar-refractivity contribution in [2.24, 2.45) is 0 Å². The Labute approximate surface area is 85.6 Å². The quantitative estimate of drug-likeness (QED) is 0.453. The summed E-state index contributed by atoms with van der Waals surface area (Å²) in [5, 5.41) is 0.272. The van der Waals surface area contributed by atoms with E-state index in [1.54, 1.807) is 0 Å². The minimum absolute atomic E-state index is 0.0975. The van der Waals surface area contributed by atoms with Crippen LogP contribution in [0.5, 0.6) is 0 Å². The lowest BCUT2D eigenvalue weighted by molar-refractivity contribution is 0.102. The van der Waals surface area contributed by atoms with E-state index < -0.39 is 0 Å². The second-order valence-corrected chi connectivity index (χ2v) is 3.19. The summed E-state index contributed by atoms with van der Waals surface area (Å²) in [5.74, 6) is -0.324. The second kappa shape index (κ2) is 3.85. The van der Waals surface area contributed by atoms with Gasteiger partial charge in [0.2, 0.25) is 0 Å². The Morgan fingerprint density at radius 1 is 1.38 bits per heavy atom. The number of ketones is 1. The molecule has 0 radical (unpaired) electrons. The van der Waals surface area contributed by atoms with Crippen LogP contribution in [-0.4, -0.2) is 11.7 Å². The van der Waals surface area contributed by atoms with Gasteiger partial charge in [0, 0.05) is 5.56 Å². The normalized spacial score (nSPS) is 10.0. The maximum absolute atomic E-state index is 11.1. The molecule has 0 unspecified atom stereocenters. The zero-order valence-electron chi connectivity index (χ0n) is 6.68. The van der Waals surface area contributed by atoms with E-state index >= 15 is 0 Å². The molecule has 0 aliphatic carbocycles. The summed E-state index contributed by atoms with van der Waals surface area (Å²) >= 11 is 11.1. The maximum atomic E-state index is 11.1. The highest BCUT2D eigenvalue weighted by atomic mass is 35.5. The van der Waals surface area contributed by atoms with Crippen molar-refractivity contribution in [3.05, 3.63) is 22.7 Å². The van der Waals surface area contributed by atoms with Crippen molar-refractivity contribution >= 4 is 40.4 Å². The lowest BCUT2D eigenvalue weighted by Crippen LogP contribution is -2.03. The summed E-state index contributed by atoms with van der Waals surface area (Å²) in [7, 11) is 0. The van der Waals surface area contributed by atoms with Gasteiger partial charge in [0.15, 0.2) is 5.78 Å². The molecule has 0 aromatic heterocycles. The SMILES string of the molecule is Nc1cc(C(=O)CCl)cc(Cl)c1N. The molecule has 0 saturated carbocycles. The van der Waals surface area contributed by atoms with E-state index in [2.05, 4.69) is 0 Å². The molecule has 13 heavy (non-hydrogen) atoms. The zero-order chi connectivity index (χ0) is 10.0. The Morgan fingerprint density at radius 3 is 2.46 bits per heavy atom. The van der Waals surface area contributed by atoms with Crippen molar-refractivity contribution in [1.82, 2.24) is 0 Å². The molecule has 0 heterocycles. The number of carbonyl (C=O) groups is 1. The first-order valence-corrected chi connectivity index (χ1v) is 4.41. The van der Waals surface area contributed by atoms with Crippen molar-refractivity contribution in [3.8, 4) is 0 Å². The molecule has 0 saturated heterocycles. The molecule has 1 aromatic carbocycles. The monoisotopic (exact) mass is 218 g/mol. The molecule has 3 nitrogen and oxygen atoms in total. The van der Waals surface area contributed by atoms with Crippen molar-refractivity contribution in [3.63, 3.8) is 0 Å². The number of hydrogen-bond acceptors (Lipinski definition) is 3. The van der Waals surface area contributed by atoms with Gasteiger partial charge < -0.3 is 11.5 Å². The van der Waals surface area contributed by atoms with E-state index in [9.17, 15) is 4.79 Å². The highest BCUT2D eigenvalue weighted by molar-refractivity contribution is 6.35. The van der Waals surface area contributed by atoms with E-state index in [-0.39, 0.29) is 22.4 Å². The highest BCUT2D eigenvalue weighted by Crippen LogP contribution is 2.26. The third-order valence-electron chi connectivity index (χ3n) is 1.60. The van der Waals surface area contributed by atoms with E-state index in [4.69, 9.17) is 34.7 Å². The van der Waals surface area contributed by atoms with Crippen LogP contribution in [0.4, 0.5) is 11.4 Å². The van der Waals surface area contributed by atoms with Gasteiger partial charge in [0.05, 0.1) is 22.3 Å². The summed E-state index contributed by atoms with van der Waals surface area (Å²) in [6.45, 7) is 0. The van der Waals surface area contributed by atoms with E-state index in [0.29, 0.717) is 11.3 Å². The number of benzene rings is 1. The summed E-state index contributed by atoms with van der Waals surface area (Å²) in [4.78, 5) is 11.1. The van der Waals surface area contributed by atoms with Crippen LogP contribution < -0.4 is 11.5 Å². The molecule has 0 aliphatic rings. The fraction of sp³-hybridized carbons (Fsp3) is 0.125. The third-order valence-corrected chi connectivity index (χ3v) is 2.16. The molecule has 0 spiro atoms. The first-order chi connectivity index (χ1) is 6.06. The van der Waals surface area contributed by atoms with Gasteiger partial charge in [-0.05, 0) is 12.1 Å². The van der Waals surface area contributed by atoms with E-state index in [0.717, 1.165) is 0 Å². The molecule has 1 rings (SSSR count). The number of nitrogen functional groups attached to an aromatic ring is 2. The summed E-state index contributed by atoms with van der Waals surface area (Å²) < 4.78 is 0. The number of nitrogens with two attached hydrogens (primary N) is 2.